The summed E-state index contributed by atoms with van der Waals surface area (Å²) in [5.74, 6) is 1.72. The fraction of sp³-hybridized carbons (Fsp3) is 0.474. The molecule has 1 aromatic heterocycles. The van der Waals surface area contributed by atoms with Gasteiger partial charge in [-0.25, -0.2) is 5.43 Å². The monoisotopic (exact) mass is 415 g/mol. The van der Waals surface area contributed by atoms with Crippen LogP contribution in [-0.2, 0) is 9.47 Å². The molecule has 9 nitrogen and oxygen atoms in total. The molecule has 0 amide bonds. The highest BCUT2D eigenvalue weighted by Crippen LogP contribution is 2.19. The van der Waals surface area contributed by atoms with Crippen LogP contribution < -0.4 is 15.2 Å². The number of benzene rings is 1. The average Bonchev–Trinajstić information content (AvgIpc) is 2.80. The van der Waals surface area contributed by atoms with Gasteiger partial charge in [0, 0.05) is 31.1 Å². The number of aromatic nitrogens is 3. The van der Waals surface area contributed by atoms with Gasteiger partial charge in [-0.3, -0.25) is 0 Å². The van der Waals surface area contributed by atoms with E-state index >= 15 is 0 Å². The van der Waals surface area contributed by atoms with Gasteiger partial charge in [0.05, 0.1) is 32.6 Å². The maximum atomic E-state index is 5.45. The highest BCUT2D eigenvalue weighted by atomic mass is 32.2. The van der Waals surface area contributed by atoms with E-state index in [2.05, 4.69) is 48.7 Å². The molecule has 0 bridgehead atoms. The van der Waals surface area contributed by atoms with Crippen molar-refractivity contribution in [1.29, 1.82) is 0 Å². The molecule has 2 aromatic rings. The molecule has 29 heavy (non-hydrogen) atoms. The maximum Gasteiger partial charge on any atom is 0.250 e. The summed E-state index contributed by atoms with van der Waals surface area (Å²) in [6, 6.07) is 8.20. The number of nitrogens with one attached hydrogen (secondary N) is 1. The molecule has 2 aliphatic heterocycles. The van der Waals surface area contributed by atoms with Gasteiger partial charge in [-0.2, -0.15) is 20.1 Å². The van der Waals surface area contributed by atoms with Gasteiger partial charge in [0.15, 0.2) is 0 Å². The molecule has 0 radical (unpaired) electrons. The second kappa shape index (κ2) is 9.86. The average molecular weight is 416 g/mol. The van der Waals surface area contributed by atoms with Gasteiger partial charge in [0.25, 0.3) is 0 Å². The summed E-state index contributed by atoms with van der Waals surface area (Å²) in [5.41, 5.74) is 3.97. The molecule has 0 spiro atoms. The fourth-order valence-electron chi connectivity index (χ4n) is 3.07. The number of thioether (sulfide) groups is 1. The van der Waals surface area contributed by atoms with E-state index < -0.39 is 0 Å². The van der Waals surface area contributed by atoms with Crippen LogP contribution in [0, 0.1) is 0 Å². The molecule has 3 heterocycles. The number of hydrazone groups is 1. The van der Waals surface area contributed by atoms with Crippen LogP contribution in [0.4, 0.5) is 17.8 Å². The van der Waals surface area contributed by atoms with Crippen molar-refractivity contribution in [1.82, 2.24) is 15.0 Å². The molecule has 0 saturated carbocycles. The van der Waals surface area contributed by atoms with Crippen LogP contribution in [0.2, 0.25) is 0 Å². The van der Waals surface area contributed by atoms with Crippen LogP contribution in [0.3, 0.4) is 0 Å². The summed E-state index contributed by atoms with van der Waals surface area (Å²) in [5, 5.41) is 4.32. The number of hydrogen-bond acceptors (Lipinski definition) is 10. The van der Waals surface area contributed by atoms with Crippen LogP contribution in [0.25, 0.3) is 0 Å². The normalized spacial score (nSPS) is 17.7. The minimum absolute atomic E-state index is 0.431. The molecule has 154 valence electrons. The summed E-state index contributed by atoms with van der Waals surface area (Å²) in [4.78, 5) is 19.3. The zero-order chi connectivity index (χ0) is 19.9. The van der Waals surface area contributed by atoms with Gasteiger partial charge in [0.2, 0.25) is 17.8 Å². The predicted molar refractivity (Wildman–Crippen MR) is 115 cm³/mol. The first-order valence-electron chi connectivity index (χ1n) is 9.66. The molecule has 2 saturated heterocycles. The van der Waals surface area contributed by atoms with Crippen LogP contribution in [0.5, 0.6) is 0 Å². The standard InChI is InChI=1S/C19H25N7O2S/c1-29-16-4-2-15(3-5-16)14-20-24-17-21-18(25-6-10-27-11-7-25)23-19(22-17)26-8-12-28-13-9-26/h2-5,14H,6-13H2,1H3,(H,21,22,23,24)/b20-14+. The molecule has 10 heteroatoms. The maximum absolute atomic E-state index is 5.45. The SMILES string of the molecule is CSc1ccc(/C=N/Nc2nc(N3CCOCC3)nc(N3CCOCC3)n2)cc1. The fourth-order valence-corrected chi connectivity index (χ4v) is 3.48. The van der Waals surface area contributed by atoms with Crippen molar-refractivity contribution < 1.29 is 9.47 Å². The summed E-state index contributed by atoms with van der Waals surface area (Å²) >= 11 is 1.71. The third-order valence-electron chi connectivity index (χ3n) is 4.69. The van der Waals surface area contributed by atoms with E-state index in [1.807, 2.05) is 12.1 Å². The van der Waals surface area contributed by atoms with E-state index in [1.165, 1.54) is 4.90 Å². The molecular weight excluding hydrogens is 390 g/mol. The van der Waals surface area contributed by atoms with Gasteiger partial charge in [0.1, 0.15) is 0 Å². The van der Waals surface area contributed by atoms with Crippen molar-refractivity contribution >= 4 is 35.8 Å². The summed E-state index contributed by atoms with van der Waals surface area (Å²) in [6.07, 6.45) is 3.82. The summed E-state index contributed by atoms with van der Waals surface area (Å²) in [6.45, 7) is 5.73. The Morgan fingerprint density at radius 1 is 0.897 bits per heavy atom. The third kappa shape index (κ3) is 5.34. The van der Waals surface area contributed by atoms with E-state index in [1.54, 1.807) is 18.0 Å². The molecule has 0 atom stereocenters. The third-order valence-corrected chi connectivity index (χ3v) is 5.44. The first-order chi connectivity index (χ1) is 14.3. The van der Waals surface area contributed by atoms with Crippen molar-refractivity contribution in [2.24, 2.45) is 5.10 Å². The number of rotatable bonds is 6. The Kier molecular flexibility index (Phi) is 6.75. The van der Waals surface area contributed by atoms with E-state index in [-0.39, 0.29) is 0 Å². The molecule has 0 aliphatic carbocycles. The minimum atomic E-state index is 0.431. The second-order valence-electron chi connectivity index (χ2n) is 6.60. The largest absolute Gasteiger partial charge is 0.378 e. The quantitative estimate of drug-likeness (QED) is 0.430. The lowest BCUT2D eigenvalue weighted by molar-refractivity contribution is 0.121. The Morgan fingerprint density at radius 3 is 1.97 bits per heavy atom. The molecule has 1 N–H and O–H groups in total. The topological polar surface area (TPSA) is 88.0 Å². The molecule has 2 fully saturated rings. The molecule has 1 aromatic carbocycles. The highest BCUT2D eigenvalue weighted by molar-refractivity contribution is 7.98. The second-order valence-corrected chi connectivity index (χ2v) is 7.48. The zero-order valence-corrected chi connectivity index (χ0v) is 17.3. The molecule has 2 aliphatic rings. The Balaban J connectivity index is 1.52. The predicted octanol–water partition coefficient (Wildman–Crippen LogP) is 1.71. The van der Waals surface area contributed by atoms with Gasteiger partial charge in [-0.1, -0.05) is 12.1 Å². The first kappa shape index (κ1) is 19.9. The Bertz CT molecular complexity index is 786. The molecule has 0 unspecified atom stereocenters. The van der Waals surface area contributed by atoms with Gasteiger partial charge in [-0.05, 0) is 24.0 Å². The van der Waals surface area contributed by atoms with Crippen molar-refractivity contribution in [3.05, 3.63) is 29.8 Å². The number of nitrogens with zero attached hydrogens (tertiary/aromatic N) is 6. The highest BCUT2D eigenvalue weighted by Gasteiger charge is 2.20. The van der Waals surface area contributed by atoms with Crippen LogP contribution in [0.15, 0.2) is 34.3 Å². The Labute approximate surface area is 174 Å². The molecular formula is C19H25N7O2S. The number of morpholine rings is 2. The lowest BCUT2D eigenvalue weighted by atomic mass is 10.2. The van der Waals surface area contributed by atoms with Crippen molar-refractivity contribution in [3.63, 3.8) is 0 Å². The van der Waals surface area contributed by atoms with Crippen molar-refractivity contribution in [2.75, 3.05) is 74.1 Å². The van der Waals surface area contributed by atoms with E-state index in [0.717, 1.165) is 31.7 Å². The lowest BCUT2D eigenvalue weighted by Gasteiger charge is -2.30. The van der Waals surface area contributed by atoms with Crippen LogP contribution in [0.1, 0.15) is 5.56 Å². The van der Waals surface area contributed by atoms with Crippen LogP contribution >= 0.6 is 11.8 Å². The molecule has 4 rings (SSSR count). The number of ether oxygens (including phenoxy) is 2. The smallest absolute Gasteiger partial charge is 0.250 e. The zero-order valence-electron chi connectivity index (χ0n) is 16.5. The van der Waals surface area contributed by atoms with Crippen molar-refractivity contribution in [2.45, 2.75) is 4.90 Å². The van der Waals surface area contributed by atoms with E-state index in [4.69, 9.17) is 14.5 Å². The minimum Gasteiger partial charge on any atom is -0.378 e. The van der Waals surface area contributed by atoms with Gasteiger partial charge < -0.3 is 19.3 Å². The Hall–Kier alpha value is -2.43. The van der Waals surface area contributed by atoms with Gasteiger partial charge >= 0.3 is 0 Å². The van der Waals surface area contributed by atoms with Crippen molar-refractivity contribution in [3.8, 4) is 0 Å². The van der Waals surface area contributed by atoms with Crippen LogP contribution in [-0.4, -0.2) is 80.0 Å². The number of anilines is 3. The summed E-state index contributed by atoms with van der Waals surface area (Å²) in [7, 11) is 0. The lowest BCUT2D eigenvalue weighted by Crippen LogP contribution is -2.40. The van der Waals surface area contributed by atoms with Gasteiger partial charge in [-0.15, -0.1) is 11.8 Å². The Morgan fingerprint density at radius 2 is 1.45 bits per heavy atom. The first-order valence-corrected chi connectivity index (χ1v) is 10.9. The van der Waals surface area contributed by atoms with E-state index in [9.17, 15) is 0 Å². The summed E-state index contributed by atoms with van der Waals surface area (Å²) < 4.78 is 10.9. The number of hydrogen-bond donors (Lipinski definition) is 1. The van der Waals surface area contributed by atoms with E-state index in [0.29, 0.717) is 44.3 Å².